The van der Waals surface area contributed by atoms with Crippen LogP contribution in [0.4, 0.5) is 0 Å². The molecule has 1 aliphatic carbocycles. The highest BCUT2D eigenvalue weighted by Crippen LogP contribution is 2.51. The Hall–Kier alpha value is -0.860. The second-order valence-electron chi connectivity index (χ2n) is 5.09. The Morgan fingerprint density at radius 3 is 2.47 bits per heavy atom. The van der Waals surface area contributed by atoms with Gasteiger partial charge in [-0.3, -0.25) is 0 Å². The van der Waals surface area contributed by atoms with E-state index < -0.39 is 17.1 Å². The Morgan fingerprint density at radius 1 is 1.33 bits per heavy atom. The van der Waals surface area contributed by atoms with Gasteiger partial charge in [0.1, 0.15) is 5.60 Å². The van der Waals surface area contributed by atoms with Crippen LogP contribution in [0.25, 0.3) is 0 Å². The number of aliphatic hydroxyl groups is 2. The molecular formula is C13H18O2. The smallest absolute Gasteiger partial charge is 0.101 e. The zero-order valence-corrected chi connectivity index (χ0v) is 9.49. The van der Waals surface area contributed by atoms with Crippen LogP contribution in [0.2, 0.25) is 0 Å². The summed E-state index contributed by atoms with van der Waals surface area (Å²) >= 11 is 0. The second-order valence-corrected chi connectivity index (χ2v) is 5.09. The lowest BCUT2D eigenvalue weighted by Gasteiger charge is -2.51. The third kappa shape index (κ3) is 1.25. The van der Waals surface area contributed by atoms with Crippen LogP contribution >= 0.6 is 0 Å². The first-order valence-corrected chi connectivity index (χ1v) is 5.38. The number of hydrogen-bond donors (Lipinski definition) is 2. The number of benzene rings is 1. The van der Waals surface area contributed by atoms with E-state index in [9.17, 15) is 10.2 Å². The molecular weight excluding hydrogens is 188 g/mol. The highest BCUT2D eigenvalue weighted by molar-refractivity contribution is 5.44. The fourth-order valence-electron chi connectivity index (χ4n) is 2.26. The van der Waals surface area contributed by atoms with Crippen LogP contribution in [0, 0.1) is 5.41 Å². The van der Waals surface area contributed by atoms with Gasteiger partial charge >= 0.3 is 0 Å². The van der Waals surface area contributed by atoms with Gasteiger partial charge in [-0.1, -0.05) is 38.1 Å². The van der Waals surface area contributed by atoms with Gasteiger partial charge in [-0.25, -0.2) is 0 Å². The van der Waals surface area contributed by atoms with E-state index in [1.165, 1.54) is 5.56 Å². The molecule has 1 aromatic carbocycles. The molecule has 2 heteroatoms. The first-order chi connectivity index (χ1) is 6.89. The van der Waals surface area contributed by atoms with Crippen molar-refractivity contribution < 1.29 is 10.2 Å². The highest BCUT2D eigenvalue weighted by atomic mass is 16.3. The van der Waals surface area contributed by atoms with Crippen LogP contribution in [0.5, 0.6) is 0 Å². The third-order valence-electron chi connectivity index (χ3n) is 4.02. The number of aliphatic hydroxyl groups excluding tert-OH is 1. The molecule has 2 N–H and O–H groups in total. The molecule has 0 amide bonds. The van der Waals surface area contributed by atoms with Gasteiger partial charge in [-0.15, -0.1) is 0 Å². The van der Waals surface area contributed by atoms with E-state index in [1.807, 2.05) is 38.1 Å². The van der Waals surface area contributed by atoms with Crippen molar-refractivity contribution in [3.05, 3.63) is 35.4 Å². The minimum atomic E-state index is -0.877. The number of rotatable bonds is 2. The minimum Gasteiger partial charge on any atom is -0.393 e. The molecule has 0 fully saturated rings. The summed E-state index contributed by atoms with van der Waals surface area (Å²) in [7, 11) is 0. The van der Waals surface area contributed by atoms with Crippen molar-refractivity contribution in [2.45, 2.75) is 38.9 Å². The molecule has 0 saturated heterocycles. The molecule has 0 radical (unpaired) electrons. The lowest BCUT2D eigenvalue weighted by molar-refractivity contribution is -0.141. The van der Waals surface area contributed by atoms with Gasteiger partial charge in [0, 0.05) is 11.8 Å². The molecule has 1 aromatic rings. The van der Waals surface area contributed by atoms with E-state index in [1.54, 1.807) is 6.92 Å². The average Bonchev–Trinajstić information content (AvgIpc) is 2.15. The van der Waals surface area contributed by atoms with Crippen LogP contribution in [-0.2, 0) is 12.0 Å². The summed E-state index contributed by atoms with van der Waals surface area (Å²) < 4.78 is 0. The average molecular weight is 206 g/mol. The van der Waals surface area contributed by atoms with E-state index in [0.717, 1.165) is 5.56 Å². The molecule has 15 heavy (non-hydrogen) atoms. The molecule has 2 nitrogen and oxygen atoms in total. The Balaban J connectivity index is 2.42. The molecule has 0 spiro atoms. The zero-order valence-electron chi connectivity index (χ0n) is 9.49. The fraction of sp³-hybridized carbons (Fsp3) is 0.538. The van der Waals surface area contributed by atoms with E-state index in [-0.39, 0.29) is 0 Å². The van der Waals surface area contributed by atoms with Crippen LogP contribution in [0.15, 0.2) is 24.3 Å². The molecule has 2 rings (SSSR count). The van der Waals surface area contributed by atoms with Crippen molar-refractivity contribution >= 4 is 0 Å². The van der Waals surface area contributed by atoms with Crippen molar-refractivity contribution in [3.8, 4) is 0 Å². The lowest BCUT2D eigenvalue weighted by atomic mass is 9.58. The van der Waals surface area contributed by atoms with Crippen molar-refractivity contribution in [2.75, 3.05) is 0 Å². The van der Waals surface area contributed by atoms with Gasteiger partial charge in [0.2, 0.25) is 0 Å². The van der Waals surface area contributed by atoms with Gasteiger partial charge in [0.15, 0.2) is 0 Å². The molecule has 1 aliphatic rings. The highest BCUT2D eigenvalue weighted by Gasteiger charge is 2.53. The second kappa shape index (κ2) is 3.06. The largest absolute Gasteiger partial charge is 0.393 e. The lowest BCUT2D eigenvalue weighted by Crippen LogP contribution is -2.55. The predicted molar refractivity (Wildman–Crippen MR) is 59.5 cm³/mol. The van der Waals surface area contributed by atoms with Gasteiger partial charge in [-0.05, 0) is 18.1 Å². The van der Waals surface area contributed by atoms with E-state index in [4.69, 9.17) is 0 Å². The van der Waals surface area contributed by atoms with Gasteiger partial charge in [-0.2, -0.15) is 0 Å². The number of hydrogen-bond acceptors (Lipinski definition) is 2. The molecule has 0 aromatic heterocycles. The van der Waals surface area contributed by atoms with Crippen molar-refractivity contribution in [2.24, 2.45) is 5.41 Å². The predicted octanol–water partition coefficient (Wildman–Crippen LogP) is 1.84. The van der Waals surface area contributed by atoms with Crippen LogP contribution in [0.3, 0.4) is 0 Å². The van der Waals surface area contributed by atoms with Crippen molar-refractivity contribution in [1.29, 1.82) is 0 Å². The molecule has 0 saturated carbocycles. The Morgan fingerprint density at radius 2 is 1.93 bits per heavy atom. The fourth-order valence-corrected chi connectivity index (χ4v) is 2.26. The SMILES string of the molecule is C[C@@H](O)C(C)(C)[C@]1(O)Cc2ccccc21. The third-order valence-corrected chi connectivity index (χ3v) is 4.02. The van der Waals surface area contributed by atoms with Gasteiger partial charge in [0.05, 0.1) is 6.10 Å². The maximum atomic E-state index is 10.6. The van der Waals surface area contributed by atoms with E-state index >= 15 is 0 Å². The normalized spacial score (nSPS) is 26.7. The van der Waals surface area contributed by atoms with Crippen LogP contribution in [-0.4, -0.2) is 16.3 Å². The minimum absolute atomic E-state index is 0.513. The summed E-state index contributed by atoms with van der Waals surface area (Å²) in [6.07, 6.45) is 0.108. The standard InChI is InChI=1S/C13H18O2/c1-9(14)12(2,3)13(15)8-10-6-4-5-7-11(10)13/h4-7,9,14-15H,8H2,1-3H3/t9-,13+/m1/s1. The first-order valence-electron chi connectivity index (χ1n) is 5.38. The molecule has 2 atom stereocenters. The van der Waals surface area contributed by atoms with E-state index in [2.05, 4.69) is 0 Å². The molecule has 82 valence electrons. The number of fused-ring (bicyclic) bond motifs is 1. The summed E-state index contributed by atoms with van der Waals surface area (Å²) in [5.74, 6) is 0. The van der Waals surface area contributed by atoms with Gasteiger partial charge in [0.25, 0.3) is 0 Å². The molecule has 0 heterocycles. The quantitative estimate of drug-likeness (QED) is 0.775. The topological polar surface area (TPSA) is 40.5 Å². The summed E-state index contributed by atoms with van der Waals surface area (Å²) in [6.45, 7) is 5.56. The Kier molecular flexibility index (Phi) is 2.18. The summed E-state index contributed by atoms with van der Waals surface area (Å²) in [5.41, 5.74) is 0.767. The van der Waals surface area contributed by atoms with Crippen molar-refractivity contribution in [1.82, 2.24) is 0 Å². The Bertz CT molecular complexity index is 382. The Labute approximate surface area is 90.6 Å². The molecule has 0 unspecified atom stereocenters. The summed E-state index contributed by atoms with van der Waals surface area (Å²) in [6, 6.07) is 7.89. The monoisotopic (exact) mass is 206 g/mol. The summed E-state index contributed by atoms with van der Waals surface area (Å²) in [5, 5.41) is 20.3. The molecule has 0 bridgehead atoms. The molecule has 0 aliphatic heterocycles. The van der Waals surface area contributed by atoms with Crippen molar-refractivity contribution in [3.63, 3.8) is 0 Å². The zero-order chi connectivity index (χ0) is 11.3. The van der Waals surface area contributed by atoms with Gasteiger partial charge < -0.3 is 10.2 Å². The van der Waals surface area contributed by atoms with Crippen LogP contribution in [0.1, 0.15) is 31.9 Å². The summed E-state index contributed by atoms with van der Waals surface area (Å²) in [4.78, 5) is 0. The maximum Gasteiger partial charge on any atom is 0.101 e. The maximum absolute atomic E-state index is 10.6. The first kappa shape index (κ1) is 10.7. The van der Waals surface area contributed by atoms with E-state index in [0.29, 0.717) is 6.42 Å². The van der Waals surface area contributed by atoms with Crippen LogP contribution < -0.4 is 0 Å².